The van der Waals surface area contributed by atoms with Crippen molar-refractivity contribution in [3.8, 4) is 5.75 Å². The van der Waals surface area contributed by atoms with E-state index in [0.29, 0.717) is 5.02 Å². The Bertz CT molecular complexity index is 347. The van der Waals surface area contributed by atoms with Gasteiger partial charge in [-0.15, -0.1) is 0 Å². The fourth-order valence-electron chi connectivity index (χ4n) is 0.955. The summed E-state index contributed by atoms with van der Waals surface area (Å²) in [4.78, 5) is 11.4. The maximum absolute atomic E-state index is 11.4. The Kier molecular flexibility index (Phi) is 3.36. The third-order valence-corrected chi connectivity index (χ3v) is 1.76. The van der Waals surface area contributed by atoms with Crippen LogP contribution in [0, 0.1) is 0 Å². The fraction of sp³-hybridized carbons (Fsp3) is 0.300. The molecular weight excluding hydrogens is 204 g/mol. The average molecular weight is 215 g/mol. The molecule has 1 rings (SSSR count). The lowest BCUT2D eigenvalue weighted by molar-refractivity contribution is 0.0375. The second-order valence-electron chi connectivity index (χ2n) is 3.12. The molecule has 1 aromatic rings. The summed E-state index contributed by atoms with van der Waals surface area (Å²) in [5.74, 6) is -0.711. The number of halogens is 1. The molecule has 0 heterocycles. The first-order valence-corrected chi connectivity index (χ1v) is 4.58. The average Bonchev–Trinajstić information content (AvgIpc) is 2.01. The number of benzene rings is 1. The van der Waals surface area contributed by atoms with Crippen LogP contribution in [0.2, 0.25) is 5.02 Å². The molecule has 0 spiro atoms. The zero-order valence-corrected chi connectivity index (χ0v) is 8.71. The van der Waals surface area contributed by atoms with Crippen LogP contribution in [0.3, 0.4) is 0 Å². The monoisotopic (exact) mass is 214 g/mol. The molecule has 0 aromatic heterocycles. The Labute approximate surface area is 87.3 Å². The van der Waals surface area contributed by atoms with Crippen molar-refractivity contribution in [3.63, 3.8) is 0 Å². The van der Waals surface area contributed by atoms with Crippen molar-refractivity contribution >= 4 is 17.6 Å². The number of ether oxygens (including phenoxy) is 1. The number of phenolic OH excluding ortho intramolecular Hbond substituents is 1. The molecule has 0 saturated heterocycles. The summed E-state index contributed by atoms with van der Waals surface area (Å²) in [5.41, 5.74) is 0.128. The third-order valence-electron chi connectivity index (χ3n) is 1.52. The van der Waals surface area contributed by atoms with Crippen molar-refractivity contribution in [3.05, 3.63) is 28.8 Å². The van der Waals surface area contributed by atoms with Gasteiger partial charge in [-0.25, -0.2) is 4.79 Å². The van der Waals surface area contributed by atoms with Crippen LogP contribution < -0.4 is 0 Å². The molecule has 0 unspecified atom stereocenters. The number of carbonyl (C=O) groups is 1. The minimum absolute atomic E-state index is 0.128. The molecule has 0 bridgehead atoms. The van der Waals surface area contributed by atoms with E-state index < -0.39 is 5.97 Å². The Balaban J connectivity index is 2.90. The second-order valence-corrected chi connectivity index (χ2v) is 3.55. The lowest BCUT2D eigenvalue weighted by atomic mass is 10.2. The molecule has 0 atom stereocenters. The Morgan fingerprint density at radius 2 is 2.14 bits per heavy atom. The summed E-state index contributed by atoms with van der Waals surface area (Å²) in [6, 6.07) is 4.26. The molecule has 0 amide bonds. The SMILES string of the molecule is CC(C)OC(=O)c1ccc(Cl)cc1O. The Hall–Kier alpha value is -1.22. The summed E-state index contributed by atoms with van der Waals surface area (Å²) >= 11 is 5.62. The topological polar surface area (TPSA) is 46.5 Å². The van der Waals surface area contributed by atoms with Crippen molar-refractivity contribution in [2.45, 2.75) is 20.0 Å². The summed E-state index contributed by atoms with van der Waals surface area (Å²) in [7, 11) is 0. The van der Waals surface area contributed by atoms with Gasteiger partial charge in [0.05, 0.1) is 6.10 Å². The lowest BCUT2D eigenvalue weighted by Crippen LogP contribution is -2.11. The highest BCUT2D eigenvalue weighted by molar-refractivity contribution is 6.30. The van der Waals surface area contributed by atoms with Gasteiger partial charge in [-0.3, -0.25) is 0 Å². The first kappa shape index (κ1) is 10.9. The van der Waals surface area contributed by atoms with Crippen LogP contribution in [0.5, 0.6) is 5.75 Å². The molecule has 0 radical (unpaired) electrons. The van der Waals surface area contributed by atoms with Crippen LogP contribution in [0.4, 0.5) is 0 Å². The van der Waals surface area contributed by atoms with Crippen LogP contribution in [-0.2, 0) is 4.74 Å². The zero-order valence-electron chi connectivity index (χ0n) is 7.95. The van der Waals surface area contributed by atoms with E-state index in [2.05, 4.69) is 0 Å². The van der Waals surface area contributed by atoms with Gasteiger partial charge < -0.3 is 9.84 Å². The molecule has 0 aliphatic heterocycles. The molecule has 4 heteroatoms. The quantitative estimate of drug-likeness (QED) is 0.770. The molecular formula is C10H11ClO3. The van der Waals surface area contributed by atoms with Gasteiger partial charge in [0.1, 0.15) is 11.3 Å². The second kappa shape index (κ2) is 4.33. The van der Waals surface area contributed by atoms with E-state index in [1.165, 1.54) is 18.2 Å². The van der Waals surface area contributed by atoms with Crippen molar-refractivity contribution in [1.82, 2.24) is 0 Å². The van der Waals surface area contributed by atoms with Crippen LogP contribution >= 0.6 is 11.6 Å². The number of phenols is 1. The highest BCUT2D eigenvalue weighted by atomic mass is 35.5. The Morgan fingerprint density at radius 1 is 1.50 bits per heavy atom. The predicted octanol–water partition coefficient (Wildman–Crippen LogP) is 2.61. The lowest BCUT2D eigenvalue weighted by Gasteiger charge is -2.08. The minimum atomic E-state index is -0.547. The van der Waals surface area contributed by atoms with Crippen LogP contribution in [0.25, 0.3) is 0 Å². The van der Waals surface area contributed by atoms with E-state index in [-0.39, 0.29) is 17.4 Å². The van der Waals surface area contributed by atoms with Crippen molar-refractivity contribution in [1.29, 1.82) is 0 Å². The fourth-order valence-corrected chi connectivity index (χ4v) is 1.12. The van der Waals surface area contributed by atoms with E-state index in [1.807, 2.05) is 0 Å². The summed E-state index contributed by atoms with van der Waals surface area (Å²) in [6.07, 6.45) is -0.211. The summed E-state index contributed by atoms with van der Waals surface area (Å²) in [5, 5.41) is 9.77. The molecule has 3 nitrogen and oxygen atoms in total. The van der Waals surface area contributed by atoms with Crippen LogP contribution in [0.15, 0.2) is 18.2 Å². The van der Waals surface area contributed by atoms with E-state index in [9.17, 15) is 9.90 Å². The molecule has 0 saturated carbocycles. The number of carbonyl (C=O) groups excluding carboxylic acids is 1. The van der Waals surface area contributed by atoms with Gasteiger partial charge in [-0.05, 0) is 32.0 Å². The van der Waals surface area contributed by atoms with Gasteiger partial charge in [0.25, 0.3) is 0 Å². The molecule has 0 aliphatic rings. The minimum Gasteiger partial charge on any atom is -0.507 e. The molecule has 14 heavy (non-hydrogen) atoms. The highest BCUT2D eigenvalue weighted by Gasteiger charge is 2.13. The highest BCUT2D eigenvalue weighted by Crippen LogP contribution is 2.22. The predicted molar refractivity (Wildman–Crippen MR) is 53.7 cm³/mol. The third kappa shape index (κ3) is 2.64. The molecule has 1 aromatic carbocycles. The first-order valence-electron chi connectivity index (χ1n) is 4.20. The number of rotatable bonds is 2. The number of hydrogen-bond acceptors (Lipinski definition) is 3. The Morgan fingerprint density at radius 3 is 2.64 bits per heavy atom. The van der Waals surface area contributed by atoms with E-state index in [4.69, 9.17) is 16.3 Å². The van der Waals surface area contributed by atoms with Gasteiger partial charge in [0, 0.05) is 5.02 Å². The first-order chi connectivity index (χ1) is 6.50. The van der Waals surface area contributed by atoms with Crippen molar-refractivity contribution in [2.24, 2.45) is 0 Å². The standard InChI is InChI=1S/C10H11ClO3/c1-6(2)14-10(13)8-4-3-7(11)5-9(8)12/h3-6,12H,1-2H3. The zero-order chi connectivity index (χ0) is 10.7. The number of esters is 1. The maximum Gasteiger partial charge on any atom is 0.342 e. The number of aromatic hydroxyl groups is 1. The number of hydrogen-bond donors (Lipinski definition) is 1. The van der Waals surface area contributed by atoms with Gasteiger partial charge in [0.15, 0.2) is 0 Å². The van der Waals surface area contributed by atoms with E-state index in [1.54, 1.807) is 13.8 Å². The maximum atomic E-state index is 11.4. The van der Waals surface area contributed by atoms with Gasteiger partial charge in [-0.2, -0.15) is 0 Å². The normalized spacial score (nSPS) is 10.3. The molecule has 1 N–H and O–H groups in total. The van der Waals surface area contributed by atoms with E-state index >= 15 is 0 Å². The van der Waals surface area contributed by atoms with Gasteiger partial charge in [-0.1, -0.05) is 11.6 Å². The van der Waals surface area contributed by atoms with E-state index in [0.717, 1.165) is 0 Å². The van der Waals surface area contributed by atoms with Gasteiger partial charge >= 0.3 is 5.97 Å². The molecule has 0 fully saturated rings. The largest absolute Gasteiger partial charge is 0.507 e. The summed E-state index contributed by atoms with van der Waals surface area (Å²) in [6.45, 7) is 3.48. The summed E-state index contributed by atoms with van der Waals surface area (Å²) < 4.78 is 4.91. The smallest absolute Gasteiger partial charge is 0.342 e. The molecule has 0 aliphatic carbocycles. The molecule has 76 valence electrons. The van der Waals surface area contributed by atoms with Crippen LogP contribution in [-0.4, -0.2) is 17.2 Å². The van der Waals surface area contributed by atoms with Crippen molar-refractivity contribution < 1.29 is 14.6 Å². The van der Waals surface area contributed by atoms with Crippen molar-refractivity contribution in [2.75, 3.05) is 0 Å². The van der Waals surface area contributed by atoms with Crippen LogP contribution in [0.1, 0.15) is 24.2 Å². The van der Waals surface area contributed by atoms with Gasteiger partial charge in [0.2, 0.25) is 0 Å².